The summed E-state index contributed by atoms with van der Waals surface area (Å²) >= 11 is 2.03. The molecular formula is C13H17N3S. The van der Waals surface area contributed by atoms with Gasteiger partial charge in [0.1, 0.15) is 11.3 Å². The highest BCUT2D eigenvalue weighted by Gasteiger charge is 2.25. The molecule has 0 saturated carbocycles. The Kier molecular flexibility index (Phi) is 2.82. The molecule has 0 aromatic carbocycles. The number of nitrogens with zero attached hydrogens (tertiary/aromatic N) is 3. The summed E-state index contributed by atoms with van der Waals surface area (Å²) in [7, 11) is 0. The van der Waals surface area contributed by atoms with Crippen molar-refractivity contribution in [2.45, 2.75) is 38.0 Å². The van der Waals surface area contributed by atoms with Crippen LogP contribution >= 0.6 is 11.8 Å². The van der Waals surface area contributed by atoms with Crippen molar-refractivity contribution >= 4 is 22.9 Å². The molecule has 1 saturated heterocycles. The van der Waals surface area contributed by atoms with Gasteiger partial charge in [0.25, 0.3) is 0 Å². The molecule has 3 nitrogen and oxygen atoms in total. The molecule has 3 heterocycles. The molecule has 4 heteroatoms. The molecule has 0 amide bonds. The van der Waals surface area contributed by atoms with E-state index in [0.29, 0.717) is 11.3 Å². The van der Waals surface area contributed by atoms with E-state index in [1.165, 1.54) is 24.4 Å². The van der Waals surface area contributed by atoms with Crippen LogP contribution in [0.4, 0.5) is 0 Å². The summed E-state index contributed by atoms with van der Waals surface area (Å²) in [6.45, 7) is 4.41. The Labute approximate surface area is 106 Å². The Hall–Kier alpha value is -1.03. The number of rotatable bonds is 2. The second-order valence-corrected chi connectivity index (χ2v) is 6.09. The summed E-state index contributed by atoms with van der Waals surface area (Å²) in [5.41, 5.74) is 2.06. The van der Waals surface area contributed by atoms with Crippen LogP contribution in [0.1, 0.15) is 43.8 Å². The summed E-state index contributed by atoms with van der Waals surface area (Å²) in [5.74, 6) is 2.48. The van der Waals surface area contributed by atoms with E-state index in [-0.39, 0.29) is 0 Å². The van der Waals surface area contributed by atoms with Crippen LogP contribution in [0.3, 0.4) is 0 Å². The van der Waals surface area contributed by atoms with E-state index >= 15 is 0 Å². The quantitative estimate of drug-likeness (QED) is 0.812. The molecule has 0 spiro atoms. The first-order valence-electron chi connectivity index (χ1n) is 6.22. The van der Waals surface area contributed by atoms with Gasteiger partial charge in [-0.15, -0.1) is 0 Å². The summed E-state index contributed by atoms with van der Waals surface area (Å²) in [6, 6.07) is 4.45. The molecule has 1 fully saturated rings. The molecule has 2 aromatic rings. The predicted molar refractivity (Wildman–Crippen MR) is 72.3 cm³/mol. The van der Waals surface area contributed by atoms with E-state index in [0.717, 1.165) is 11.2 Å². The normalized spacial score (nSPS) is 20.5. The number of hydrogen-bond acceptors (Lipinski definition) is 3. The molecule has 1 aliphatic rings. The molecule has 17 heavy (non-hydrogen) atoms. The third kappa shape index (κ3) is 1.84. The van der Waals surface area contributed by atoms with Gasteiger partial charge in [-0.2, -0.15) is 11.8 Å². The van der Waals surface area contributed by atoms with E-state index in [9.17, 15) is 0 Å². The fourth-order valence-corrected chi connectivity index (χ4v) is 3.73. The van der Waals surface area contributed by atoms with Crippen LogP contribution in [-0.4, -0.2) is 20.3 Å². The average Bonchev–Trinajstić information content (AvgIpc) is 2.95. The lowest BCUT2D eigenvalue weighted by Crippen LogP contribution is -2.08. The van der Waals surface area contributed by atoms with Crippen molar-refractivity contribution in [1.29, 1.82) is 0 Å². The van der Waals surface area contributed by atoms with Gasteiger partial charge in [0.2, 0.25) is 0 Å². The van der Waals surface area contributed by atoms with Gasteiger partial charge in [0, 0.05) is 12.2 Å². The zero-order chi connectivity index (χ0) is 11.8. The van der Waals surface area contributed by atoms with E-state index in [1.54, 1.807) is 0 Å². The molecular weight excluding hydrogens is 230 g/mol. The highest BCUT2D eigenvalue weighted by molar-refractivity contribution is 7.99. The number of imidazole rings is 1. The third-order valence-electron chi connectivity index (χ3n) is 3.21. The van der Waals surface area contributed by atoms with E-state index in [1.807, 2.05) is 24.0 Å². The molecule has 1 aliphatic heterocycles. The third-order valence-corrected chi connectivity index (χ3v) is 4.58. The van der Waals surface area contributed by atoms with Gasteiger partial charge >= 0.3 is 0 Å². The molecule has 1 unspecified atom stereocenters. The fourth-order valence-electron chi connectivity index (χ4n) is 2.46. The summed E-state index contributed by atoms with van der Waals surface area (Å²) < 4.78 is 2.30. The van der Waals surface area contributed by atoms with Crippen LogP contribution < -0.4 is 0 Å². The van der Waals surface area contributed by atoms with Crippen molar-refractivity contribution in [3.63, 3.8) is 0 Å². The second kappa shape index (κ2) is 4.33. The van der Waals surface area contributed by atoms with E-state index < -0.39 is 0 Å². The standard InChI is InChI=1S/C13H17N3S/c1-9(2)16-12-10(5-3-7-14-12)15-13(16)11-6-4-8-17-11/h3,5,7,9,11H,4,6,8H2,1-2H3. The monoisotopic (exact) mass is 247 g/mol. The number of fused-ring (bicyclic) bond motifs is 1. The lowest BCUT2D eigenvalue weighted by Gasteiger charge is -2.15. The van der Waals surface area contributed by atoms with Crippen LogP contribution in [0.15, 0.2) is 18.3 Å². The van der Waals surface area contributed by atoms with Gasteiger partial charge in [0.15, 0.2) is 5.65 Å². The van der Waals surface area contributed by atoms with Gasteiger partial charge in [-0.25, -0.2) is 9.97 Å². The second-order valence-electron chi connectivity index (χ2n) is 4.78. The molecule has 0 bridgehead atoms. The van der Waals surface area contributed by atoms with Crippen molar-refractivity contribution in [2.75, 3.05) is 5.75 Å². The first kappa shape index (κ1) is 11.1. The highest BCUT2D eigenvalue weighted by Crippen LogP contribution is 2.40. The molecule has 1 atom stereocenters. The van der Waals surface area contributed by atoms with Gasteiger partial charge < -0.3 is 4.57 Å². The van der Waals surface area contributed by atoms with Crippen LogP contribution in [0.2, 0.25) is 0 Å². The average molecular weight is 247 g/mol. The van der Waals surface area contributed by atoms with Crippen LogP contribution in [0, 0.1) is 0 Å². The summed E-state index contributed by atoms with van der Waals surface area (Å²) in [4.78, 5) is 9.28. The number of thioether (sulfide) groups is 1. The maximum Gasteiger partial charge on any atom is 0.160 e. The smallest absolute Gasteiger partial charge is 0.160 e. The minimum Gasteiger partial charge on any atom is -0.309 e. The largest absolute Gasteiger partial charge is 0.309 e. The lowest BCUT2D eigenvalue weighted by molar-refractivity contribution is 0.571. The van der Waals surface area contributed by atoms with Crippen molar-refractivity contribution in [2.24, 2.45) is 0 Å². The number of pyridine rings is 1. The van der Waals surface area contributed by atoms with Crippen molar-refractivity contribution in [1.82, 2.24) is 14.5 Å². The zero-order valence-electron chi connectivity index (χ0n) is 10.3. The first-order valence-corrected chi connectivity index (χ1v) is 7.26. The minimum absolute atomic E-state index is 0.422. The minimum atomic E-state index is 0.422. The topological polar surface area (TPSA) is 30.7 Å². The Bertz CT molecular complexity index is 526. The van der Waals surface area contributed by atoms with E-state index in [4.69, 9.17) is 4.98 Å². The summed E-state index contributed by atoms with van der Waals surface area (Å²) in [6.07, 6.45) is 4.42. The Morgan fingerprint density at radius 1 is 1.47 bits per heavy atom. The maximum atomic E-state index is 4.80. The molecule has 0 aliphatic carbocycles. The Balaban J connectivity index is 2.18. The fraction of sp³-hybridized carbons (Fsp3) is 0.538. The van der Waals surface area contributed by atoms with Crippen LogP contribution in [0.25, 0.3) is 11.2 Å². The molecule has 0 radical (unpaired) electrons. The zero-order valence-corrected chi connectivity index (χ0v) is 11.1. The number of hydrogen-bond donors (Lipinski definition) is 0. The highest BCUT2D eigenvalue weighted by atomic mass is 32.2. The molecule has 0 N–H and O–H groups in total. The Morgan fingerprint density at radius 3 is 3.06 bits per heavy atom. The molecule has 2 aromatic heterocycles. The van der Waals surface area contributed by atoms with Crippen LogP contribution in [0.5, 0.6) is 0 Å². The summed E-state index contributed by atoms with van der Waals surface area (Å²) in [5, 5.41) is 0.562. The Morgan fingerprint density at radius 2 is 2.35 bits per heavy atom. The molecule has 3 rings (SSSR count). The lowest BCUT2D eigenvalue weighted by atomic mass is 10.2. The van der Waals surface area contributed by atoms with Gasteiger partial charge in [-0.05, 0) is 44.6 Å². The van der Waals surface area contributed by atoms with Gasteiger partial charge in [-0.3, -0.25) is 0 Å². The van der Waals surface area contributed by atoms with Crippen LogP contribution in [-0.2, 0) is 0 Å². The van der Waals surface area contributed by atoms with Gasteiger partial charge in [0.05, 0.1) is 5.25 Å². The predicted octanol–water partition coefficient (Wildman–Crippen LogP) is 3.58. The van der Waals surface area contributed by atoms with E-state index in [2.05, 4.69) is 29.5 Å². The SMILES string of the molecule is CC(C)n1c(C2CCCS2)nc2cccnc21. The first-order chi connectivity index (χ1) is 8.27. The number of aromatic nitrogens is 3. The van der Waals surface area contributed by atoms with Crippen molar-refractivity contribution in [3.05, 3.63) is 24.2 Å². The molecule has 90 valence electrons. The van der Waals surface area contributed by atoms with Crippen molar-refractivity contribution < 1.29 is 0 Å². The van der Waals surface area contributed by atoms with Gasteiger partial charge in [-0.1, -0.05) is 0 Å². The van der Waals surface area contributed by atoms with Crippen molar-refractivity contribution in [3.8, 4) is 0 Å². The maximum absolute atomic E-state index is 4.80.